The third-order valence-corrected chi connectivity index (χ3v) is 7.33. The monoisotopic (exact) mass is 493 g/mol. The van der Waals surface area contributed by atoms with Crippen LogP contribution in [-0.2, 0) is 11.2 Å². The second-order valence-electron chi connectivity index (χ2n) is 9.60. The molecule has 1 saturated heterocycles. The lowest BCUT2D eigenvalue weighted by Crippen LogP contribution is -2.44. The predicted octanol–water partition coefficient (Wildman–Crippen LogP) is 4.26. The van der Waals surface area contributed by atoms with E-state index in [4.69, 9.17) is 0 Å². The van der Waals surface area contributed by atoms with Gasteiger partial charge in [-0.3, -0.25) is 14.4 Å². The molecule has 0 spiro atoms. The number of amides is 3. The maximum absolute atomic E-state index is 13.2. The summed E-state index contributed by atoms with van der Waals surface area (Å²) in [4.78, 5) is 50.1. The number of benzene rings is 3. The molecule has 0 unspecified atom stereocenters. The Balaban J connectivity index is 1.08. The van der Waals surface area contributed by atoms with Crippen LogP contribution in [0, 0.1) is 5.92 Å². The van der Waals surface area contributed by atoms with Gasteiger partial charge in [0.25, 0.3) is 11.8 Å². The summed E-state index contributed by atoms with van der Waals surface area (Å²) in [6, 6.07) is 20.3. The summed E-state index contributed by atoms with van der Waals surface area (Å²) < 4.78 is 0. The van der Waals surface area contributed by atoms with E-state index < -0.39 is 0 Å². The van der Waals surface area contributed by atoms with Gasteiger partial charge < -0.3 is 20.1 Å². The number of rotatable bonds is 4. The van der Waals surface area contributed by atoms with Crippen LogP contribution in [0.15, 0.2) is 73.1 Å². The Morgan fingerprint density at radius 1 is 0.892 bits per heavy atom. The van der Waals surface area contributed by atoms with Crippen molar-refractivity contribution in [2.45, 2.75) is 19.3 Å². The first kappa shape index (κ1) is 23.0. The quantitative estimate of drug-likeness (QED) is 0.444. The molecule has 1 fully saturated rings. The molecule has 0 radical (unpaired) electrons. The number of para-hydroxylation sites is 1. The second kappa shape index (κ2) is 9.54. The van der Waals surface area contributed by atoms with E-state index in [2.05, 4.69) is 21.4 Å². The molecule has 186 valence electrons. The van der Waals surface area contributed by atoms with E-state index in [1.54, 1.807) is 53.7 Å². The van der Waals surface area contributed by atoms with Gasteiger partial charge >= 0.3 is 0 Å². The molecule has 8 nitrogen and oxygen atoms in total. The molecule has 0 atom stereocenters. The maximum Gasteiger partial charge on any atom is 0.255 e. The van der Waals surface area contributed by atoms with Gasteiger partial charge in [0.1, 0.15) is 0 Å². The van der Waals surface area contributed by atoms with E-state index in [9.17, 15) is 14.4 Å². The first-order chi connectivity index (χ1) is 18.1. The molecule has 8 heteroatoms. The molecule has 0 bridgehead atoms. The van der Waals surface area contributed by atoms with Crippen LogP contribution in [0.1, 0.15) is 39.1 Å². The fraction of sp³-hybridized carbons (Fsp3) is 0.241. The number of anilines is 2. The molecular weight excluding hydrogens is 466 g/mol. The number of nitrogens with zero attached hydrogens (tertiary/aromatic N) is 3. The summed E-state index contributed by atoms with van der Waals surface area (Å²) in [6.45, 7) is 1.79. The van der Waals surface area contributed by atoms with E-state index in [1.165, 1.54) is 5.56 Å². The van der Waals surface area contributed by atoms with Gasteiger partial charge in [0.2, 0.25) is 5.91 Å². The number of H-pyrrole nitrogens is 1. The Labute approximate surface area is 214 Å². The van der Waals surface area contributed by atoms with Gasteiger partial charge in [-0.05, 0) is 67.3 Å². The molecule has 2 aliphatic heterocycles. The number of likely N-dealkylation sites (tertiary alicyclic amines) is 1. The lowest BCUT2D eigenvalue weighted by atomic mass is 9.94. The second-order valence-corrected chi connectivity index (χ2v) is 9.60. The number of imidazole rings is 1. The van der Waals surface area contributed by atoms with Crippen molar-refractivity contribution >= 4 is 40.1 Å². The molecule has 3 amide bonds. The molecule has 6 rings (SSSR count). The molecular formula is C29H27N5O3. The summed E-state index contributed by atoms with van der Waals surface area (Å²) >= 11 is 0. The number of hydrogen-bond donors (Lipinski definition) is 2. The Hall–Kier alpha value is -4.46. The largest absolute Gasteiger partial charge is 0.345 e. The van der Waals surface area contributed by atoms with E-state index in [0.29, 0.717) is 42.7 Å². The lowest BCUT2D eigenvalue weighted by molar-refractivity contribution is -0.123. The Morgan fingerprint density at radius 3 is 2.59 bits per heavy atom. The smallest absolute Gasteiger partial charge is 0.255 e. The summed E-state index contributed by atoms with van der Waals surface area (Å²) in [5, 5.41) is 2.88. The van der Waals surface area contributed by atoms with Crippen LogP contribution >= 0.6 is 0 Å². The van der Waals surface area contributed by atoms with Gasteiger partial charge in [0.05, 0.1) is 17.4 Å². The van der Waals surface area contributed by atoms with E-state index in [-0.39, 0.29) is 23.6 Å². The molecule has 3 heterocycles. The summed E-state index contributed by atoms with van der Waals surface area (Å²) in [5.74, 6) is -0.264. The SMILES string of the molecule is O=C(Nc1cccc(C(=O)N2CCC(C(=O)N3CCc4ccccc43)CC2)c1)c1ccc2nc[nH]c2c1. The van der Waals surface area contributed by atoms with Gasteiger partial charge in [-0.2, -0.15) is 0 Å². The van der Waals surface area contributed by atoms with Gasteiger partial charge in [-0.15, -0.1) is 0 Å². The van der Waals surface area contributed by atoms with Crippen molar-refractivity contribution in [1.82, 2.24) is 14.9 Å². The molecule has 3 aromatic carbocycles. The molecule has 1 aromatic heterocycles. The molecule has 37 heavy (non-hydrogen) atoms. The van der Waals surface area contributed by atoms with Crippen LogP contribution in [0.25, 0.3) is 11.0 Å². The van der Waals surface area contributed by atoms with E-state index in [1.807, 2.05) is 23.1 Å². The first-order valence-corrected chi connectivity index (χ1v) is 12.6. The number of fused-ring (bicyclic) bond motifs is 2. The standard InChI is InChI=1S/C29H27N5O3/c35-27(21-8-9-24-25(17-21)31-18-30-24)32-23-6-3-5-22(16-23)28(36)33-13-10-20(11-14-33)29(37)34-15-12-19-4-1-2-7-26(19)34/h1-9,16-18,20H,10-15H2,(H,30,31)(H,32,35). The number of aromatic amines is 1. The topological polar surface area (TPSA) is 98.4 Å². The number of carbonyl (C=O) groups is 3. The van der Waals surface area contributed by atoms with Crippen LogP contribution in [0.5, 0.6) is 0 Å². The van der Waals surface area contributed by atoms with Crippen LogP contribution in [0.3, 0.4) is 0 Å². The minimum Gasteiger partial charge on any atom is -0.345 e. The van der Waals surface area contributed by atoms with Crippen molar-refractivity contribution in [1.29, 1.82) is 0 Å². The van der Waals surface area contributed by atoms with Crippen LogP contribution < -0.4 is 10.2 Å². The normalized spacial score (nSPS) is 15.6. The van der Waals surface area contributed by atoms with Gasteiger partial charge in [-0.1, -0.05) is 24.3 Å². The summed E-state index contributed by atoms with van der Waals surface area (Å²) in [7, 11) is 0. The maximum atomic E-state index is 13.2. The van der Waals surface area contributed by atoms with Crippen LogP contribution in [-0.4, -0.2) is 52.2 Å². The number of aromatic nitrogens is 2. The Morgan fingerprint density at radius 2 is 1.73 bits per heavy atom. The number of carbonyl (C=O) groups excluding carboxylic acids is 3. The van der Waals surface area contributed by atoms with Gasteiger partial charge in [-0.25, -0.2) is 4.98 Å². The Kier molecular flexibility index (Phi) is 5.92. The first-order valence-electron chi connectivity index (χ1n) is 12.6. The minimum atomic E-state index is -0.260. The lowest BCUT2D eigenvalue weighted by Gasteiger charge is -2.33. The number of piperidine rings is 1. The average Bonchev–Trinajstić information content (AvgIpc) is 3.59. The van der Waals surface area contributed by atoms with Crippen molar-refractivity contribution in [3.05, 3.63) is 89.7 Å². The van der Waals surface area contributed by atoms with Crippen molar-refractivity contribution in [3.8, 4) is 0 Å². The molecule has 0 aliphatic carbocycles. The Bertz CT molecular complexity index is 1500. The summed E-state index contributed by atoms with van der Waals surface area (Å²) in [5.41, 5.74) is 5.39. The van der Waals surface area contributed by atoms with Crippen molar-refractivity contribution in [2.75, 3.05) is 29.9 Å². The molecule has 4 aromatic rings. The molecule has 2 N–H and O–H groups in total. The van der Waals surface area contributed by atoms with Crippen molar-refractivity contribution in [3.63, 3.8) is 0 Å². The number of nitrogens with one attached hydrogen (secondary N) is 2. The highest BCUT2D eigenvalue weighted by atomic mass is 16.2. The van der Waals surface area contributed by atoms with Crippen molar-refractivity contribution in [2.24, 2.45) is 5.92 Å². The van der Waals surface area contributed by atoms with Crippen LogP contribution in [0.4, 0.5) is 11.4 Å². The number of hydrogen-bond acceptors (Lipinski definition) is 4. The fourth-order valence-corrected chi connectivity index (χ4v) is 5.31. The zero-order valence-electron chi connectivity index (χ0n) is 20.3. The van der Waals surface area contributed by atoms with Gasteiger partial charge in [0, 0.05) is 48.1 Å². The zero-order chi connectivity index (χ0) is 25.4. The van der Waals surface area contributed by atoms with E-state index in [0.717, 1.165) is 29.7 Å². The van der Waals surface area contributed by atoms with Gasteiger partial charge in [0.15, 0.2) is 0 Å². The fourth-order valence-electron chi connectivity index (χ4n) is 5.31. The highest BCUT2D eigenvalue weighted by molar-refractivity contribution is 6.06. The highest BCUT2D eigenvalue weighted by Gasteiger charge is 2.33. The summed E-state index contributed by atoms with van der Waals surface area (Å²) in [6.07, 6.45) is 3.78. The predicted molar refractivity (Wildman–Crippen MR) is 142 cm³/mol. The highest BCUT2D eigenvalue weighted by Crippen LogP contribution is 2.31. The van der Waals surface area contributed by atoms with Crippen molar-refractivity contribution < 1.29 is 14.4 Å². The third-order valence-electron chi connectivity index (χ3n) is 7.33. The van der Waals surface area contributed by atoms with E-state index >= 15 is 0 Å². The molecule has 2 aliphatic rings. The molecule has 0 saturated carbocycles. The third kappa shape index (κ3) is 4.46. The van der Waals surface area contributed by atoms with Crippen LogP contribution in [0.2, 0.25) is 0 Å². The minimum absolute atomic E-state index is 0.0759. The average molecular weight is 494 g/mol. The zero-order valence-corrected chi connectivity index (χ0v) is 20.3.